The van der Waals surface area contributed by atoms with Gasteiger partial charge in [-0.3, -0.25) is 0 Å². The first-order valence-corrected chi connectivity index (χ1v) is 5.34. The summed E-state index contributed by atoms with van der Waals surface area (Å²) in [6.45, 7) is 5.19. The van der Waals surface area contributed by atoms with Crippen molar-refractivity contribution in [3.8, 4) is 5.75 Å². The number of rotatable bonds is 6. The minimum atomic E-state index is -0.314. The van der Waals surface area contributed by atoms with Gasteiger partial charge in [-0.15, -0.1) is 0 Å². The van der Waals surface area contributed by atoms with Crippen LogP contribution in [0, 0.1) is 5.82 Å². The molecule has 16 heavy (non-hydrogen) atoms. The van der Waals surface area contributed by atoms with E-state index in [4.69, 9.17) is 9.47 Å². The van der Waals surface area contributed by atoms with E-state index in [9.17, 15) is 4.39 Å². The third-order valence-corrected chi connectivity index (χ3v) is 2.09. The van der Waals surface area contributed by atoms with Crippen molar-refractivity contribution in [1.82, 2.24) is 0 Å². The van der Waals surface area contributed by atoms with Gasteiger partial charge in [-0.05, 0) is 19.9 Å². The first-order chi connectivity index (χ1) is 7.65. The molecule has 0 heterocycles. The molecule has 90 valence electrons. The molecule has 0 amide bonds. The van der Waals surface area contributed by atoms with Crippen molar-refractivity contribution in [2.24, 2.45) is 0 Å². The number of hydrogen-bond acceptors (Lipinski definition) is 3. The Morgan fingerprint density at radius 1 is 1.38 bits per heavy atom. The fourth-order valence-electron chi connectivity index (χ4n) is 1.38. The van der Waals surface area contributed by atoms with E-state index >= 15 is 0 Å². The van der Waals surface area contributed by atoms with Crippen molar-refractivity contribution in [2.75, 3.05) is 25.6 Å². The van der Waals surface area contributed by atoms with E-state index in [0.29, 0.717) is 24.7 Å². The number of halogens is 1. The van der Waals surface area contributed by atoms with Crippen molar-refractivity contribution in [1.29, 1.82) is 0 Å². The lowest BCUT2D eigenvalue weighted by atomic mass is 10.2. The van der Waals surface area contributed by atoms with E-state index in [-0.39, 0.29) is 11.9 Å². The number of anilines is 1. The molecular weight excluding hydrogens is 209 g/mol. The third-order valence-electron chi connectivity index (χ3n) is 2.09. The minimum absolute atomic E-state index is 0.131. The monoisotopic (exact) mass is 227 g/mol. The molecule has 0 aliphatic rings. The molecular formula is C12H18FNO2. The number of benzene rings is 1. The lowest BCUT2D eigenvalue weighted by Gasteiger charge is -2.15. The first-order valence-electron chi connectivity index (χ1n) is 5.34. The SMILES string of the molecule is CCOCC(C)Nc1cc(F)cc(OC)c1. The molecule has 0 bridgehead atoms. The van der Waals surface area contributed by atoms with Crippen molar-refractivity contribution in [2.45, 2.75) is 19.9 Å². The van der Waals surface area contributed by atoms with Crippen molar-refractivity contribution < 1.29 is 13.9 Å². The van der Waals surface area contributed by atoms with Gasteiger partial charge in [0.15, 0.2) is 0 Å². The summed E-state index contributed by atoms with van der Waals surface area (Å²) in [6.07, 6.45) is 0. The van der Waals surface area contributed by atoms with Gasteiger partial charge in [0.25, 0.3) is 0 Å². The summed E-state index contributed by atoms with van der Waals surface area (Å²) < 4.78 is 23.4. The zero-order valence-electron chi connectivity index (χ0n) is 9.92. The predicted octanol–water partition coefficient (Wildman–Crippen LogP) is 2.67. The summed E-state index contributed by atoms with van der Waals surface area (Å²) in [6, 6.07) is 4.67. The topological polar surface area (TPSA) is 30.5 Å². The van der Waals surface area contributed by atoms with Crippen LogP contribution in [0.2, 0.25) is 0 Å². The van der Waals surface area contributed by atoms with Crippen LogP contribution in [0.25, 0.3) is 0 Å². The Balaban J connectivity index is 2.61. The van der Waals surface area contributed by atoms with Gasteiger partial charge in [0.2, 0.25) is 0 Å². The number of methoxy groups -OCH3 is 1. The van der Waals surface area contributed by atoms with Gasteiger partial charge < -0.3 is 14.8 Å². The number of hydrogen-bond donors (Lipinski definition) is 1. The van der Waals surface area contributed by atoms with E-state index in [1.165, 1.54) is 19.2 Å². The van der Waals surface area contributed by atoms with Crippen LogP contribution in [-0.4, -0.2) is 26.4 Å². The van der Waals surface area contributed by atoms with Gasteiger partial charge in [-0.25, -0.2) is 4.39 Å². The lowest BCUT2D eigenvalue weighted by molar-refractivity contribution is 0.141. The minimum Gasteiger partial charge on any atom is -0.497 e. The predicted molar refractivity (Wildman–Crippen MR) is 62.5 cm³/mol. The van der Waals surface area contributed by atoms with Gasteiger partial charge in [-0.1, -0.05) is 0 Å². The first kappa shape index (κ1) is 12.8. The molecule has 0 aromatic heterocycles. The molecule has 0 spiro atoms. The van der Waals surface area contributed by atoms with Gasteiger partial charge in [-0.2, -0.15) is 0 Å². The maximum Gasteiger partial charge on any atom is 0.128 e. The standard InChI is InChI=1S/C12H18FNO2/c1-4-16-8-9(2)14-11-5-10(13)6-12(7-11)15-3/h5-7,9,14H,4,8H2,1-3H3. The summed E-state index contributed by atoms with van der Waals surface area (Å²) in [5, 5.41) is 3.15. The van der Waals surface area contributed by atoms with Crippen LogP contribution < -0.4 is 10.1 Å². The van der Waals surface area contributed by atoms with Gasteiger partial charge in [0.1, 0.15) is 11.6 Å². The normalized spacial score (nSPS) is 12.2. The molecule has 1 N–H and O–H groups in total. The van der Waals surface area contributed by atoms with Crippen LogP contribution in [0.4, 0.5) is 10.1 Å². The highest BCUT2D eigenvalue weighted by atomic mass is 19.1. The van der Waals surface area contributed by atoms with Crippen molar-refractivity contribution in [3.63, 3.8) is 0 Å². The Kier molecular flexibility index (Phi) is 5.05. The van der Waals surface area contributed by atoms with Gasteiger partial charge in [0.05, 0.1) is 13.7 Å². The summed E-state index contributed by atoms with van der Waals surface area (Å²) in [7, 11) is 1.52. The average Bonchev–Trinajstić information content (AvgIpc) is 2.25. The summed E-state index contributed by atoms with van der Waals surface area (Å²) in [4.78, 5) is 0. The lowest BCUT2D eigenvalue weighted by Crippen LogP contribution is -2.21. The molecule has 0 radical (unpaired) electrons. The van der Waals surface area contributed by atoms with Crippen LogP contribution in [0.5, 0.6) is 5.75 Å². The molecule has 0 saturated heterocycles. The summed E-state index contributed by atoms with van der Waals surface area (Å²) in [5.74, 6) is 0.191. The van der Waals surface area contributed by atoms with E-state index in [1.54, 1.807) is 6.07 Å². The second-order valence-electron chi connectivity index (χ2n) is 3.58. The molecule has 1 unspecified atom stereocenters. The van der Waals surface area contributed by atoms with E-state index < -0.39 is 0 Å². The molecule has 3 nitrogen and oxygen atoms in total. The Morgan fingerprint density at radius 2 is 2.12 bits per heavy atom. The Labute approximate surface area is 95.6 Å². The molecule has 1 aromatic rings. The van der Waals surface area contributed by atoms with Crippen LogP contribution in [-0.2, 0) is 4.74 Å². The largest absolute Gasteiger partial charge is 0.497 e. The molecule has 1 rings (SSSR count). The number of ether oxygens (including phenoxy) is 2. The van der Waals surface area contributed by atoms with E-state index in [2.05, 4.69) is 5.32 Å². The highest BCUT2D eigenvalue weighted by Gasteiger charge is 2.05. The van der Waals surface area contributed by atoms with Crippen molar-refractivity contribution in [3.05, 3.63) is 24.0 Å². The maximum absolute atomic E-state index is 13.2. The smallest absolute Gasteiger partial charge is 0.128 e. The average molecular weight is 227 g/mol. The third kappa shape index (κ3) is 4.06. The maximum atomic E-state index is 13.2. The fraction of sp³-hybridized carbons (Fsp3) is 0.500. The highest BCUT2D eigenvalue weighted by Crippen LogP contribution is 2.20. The zero-order valence-corrected chi connectivity index (χ0v) is 9.92. The van der Waals surface area contributed by atoms with Crippen LogP contribution in [0.1, 0.15) is 13.8 Å². The van der Waals surface area contributed by atoms with E-state index in [1.807, 2.05) is 13.8 Å². The Morgan fingerprint density at radius 3 is 2.75 bits per heavy atom. The van der Waals surface area contributed by atoms with E-state index in [0.717, 1.165) is 0 Å². The van der Waals surface area contributed by atoms with Crippen LogP contribution in [0.15, 0.2) is 18.2 Å². The summed E-state index contributed by atoms with van der Waals surface area (Å²) in [5.41, 5.74) is 0.698. The molecule has 1 atom stereocenters. The molecule has 0 saturated carbocycles. The molecule has 4 heteroatoms. The molecule has 0 aliphatic carbocycles. The highest BCUT2D eigenvalue weighted by molar-refractivity contribution is 5.49. The van der Waals surface area contributed by atoms with Crippen molar-refractivity contribution >= 4 is 5.69 Å². The quantitative estimate of drug-likeness (QED) is 0.810. The van der Waals surface area contributed by atoms with Gasteiger partial charge in [0, 0.05) is 30.5 Å². The van der Waals surface area contributed by atoms with Crippen LogP contribution >= 0.6 is 0 Å². The molecule has 0 fully saturated rings. The Hall–Kier alpha value is -1.29. The Bertz CT molecular complexity index is 331. The second-order valence-corrected chi connectivity index (χ2v) is 3.58. The fourth-order valence-corrected chi connectivity index (χ4v) is 1.38. The molecule has 0 aliphatic heterocycles. The summed E-state index contributed by atoms with van der Waals surface area (Å²) >= 11 is 0. The van der Waals surface area contributed by atoms with Gasteiger partial charge >= 0.3 is 0 Å². The zero-order chi connectivity index (χ0) is 12.0. The number of nitrogens with one attached hydrogen (secondary N) is 1. The van der Waals surface area contributed by atoms with Crippen LogP contribution in [0.3, 0.4) is 0 Å². The molecule has 1 aromatic carbocycles. The second kappa shape index (κ2) is 6.33.